The van der Waals surface area contributed by atoms with Crippen LogP contribution in [0.25, 0.3) is 0 Å². The van der Waals surface area contributed by atoms with Crippen molar-refractivity contribution in [2.75, 3.05) is 5.32 Å². The van der Waals surface area contributed by atoms with Crippen molar-refractivity contribution in [1.29, 1.82) is 5.26 Å². The molecule has 0 unspecified atom stereocenters. The Kier molecular flexibility index (Phi) is 3.60. The number of rotatable bonds is 2. The largest absolute Gasteiger partial charge is 0.339 e. The fourth-order valence-corrected chi connectivity index (χ4v) is 2.14. The molecule has 0 radical (unpaired) electrons. The highest BCUT2D eigenvalue weighted by Crippen LogP contribution is 2.28. The van der Waals surface area contributed by atoms with Gasteiger partial charge in [-0.25, -0.2) is 0 Å². The molecule has 1 N–H and O–H groups in total. The quantitative estimate of drug-likeness (QED) is 0.914. The second kappa shape index (κ2) is 5.01. The van der Waals surface area contributed by atoms with E-state index in [9.17, 15) is 0 Å². The van der Waals surface area contributed by atoms with Crippen LogP contribution < -0.4 is 5.32 Å². The third kappa shape index (κ3) is 2.35. The Morgan fingerprint density at radius 1 is 1.50 bits per heavy atom. The highest BCUT2D eigenvalue weighted by molar-refractivity contribution is 9.10. The molecule has 0 saturated carbocycles. The summed E-state index contributed by atoms with van der Waals surface area (Å²) in [7, 11) is 1.79. The van der Waals surface area contributed by atoms with Gasteiger partial charge in [-0.3, -0.25) is 4.68 Å². The summed E-state index contributed by atoms with van der Waals surface area (Å²) < 4.78 is 2.45. The van der Waals surface area contributed by atoms with Gasteiger partial charge in [-0.15, -0.1) is 0 Å². The number of nitrogens with one attached hydrogen (secondary N) is 1. The Hall–Kier alpha value is -1.51. The van der Waals surface area contributed by atoms with Crippen LogP contribution in [-0.4, -0.2) is 9.78 Å². The third-order valence-corrected chi connectivity index (χ3v) is 3.73. The molecule has 0 amide bonds. The van der Waals surface area contributed by atoms with E-state index in [-0.39, 0.29) is 0 Å². The SMILES string of the molecule is Cc1nn(C)c(Nc2ccc(Cl)c(Br)c2)c1C#N. The average molecular weight is 326 g/mol. The molecule has 18 heavy (non-hydrogen) atoms. The van der Waals surface area contributed by atoms with Crippen LogP contribution in [0.15, 0.2) is 22.7 Å². The molecule has 4 nitrogen and oxygen atoms in total. The molecular formula is C12H10BrClN4. The molecular weight excluding hydrogens is 316 g/mol. The second-order valence-electron chi connectivity index (χ2n) is 3.80. The Labute approximate surface area is 118 Å². The van der Waals surface area contributed by atoms with E-state index in [4.69, 9.17) is 16.9 Å². The van der Waals surface area contributed by atoms with Crippen LogP contribution in [-0.2, 0) is 7.05 Å². The minimum atomic E-state index is 0.545. The zero-order valence-corrected chi connectivity index (χ0v) is 12.2. The molecule has 2 aromatic rings. The number of benzene rings is 1. The van der Waals surface area contributed by atoms with Crippen LogP contribution in [0.1, 0.15) is 11.3 Å². The van der Waals surface area contributed by atoms with E-state index >= 15 is 0 Å². The van der Waals surface area contributed by atoms with E-state index in [1.54, 1.807) is 17.8 Å². The van der Waals surface area contributed by atoms with Crippen molar-refractivity contribution >= 4 is 39.0 Å². The molecule has 1 aromatic heterocycles. The molecule has 92 valence electrons. The molecule has 0 aliphatic carbocycles. The maximum absolute atomic E-state index is 9.12. The number of hydrogen-bond acceptors (Lipinski definition) is 3. The summed E-state index contributed by atoms with van der Waals surface area (Å²) >= 11 is 9.29. The van der Waals surface area contributed by atoms with Crippen molar-refractivity contribution < 1.29 is 0 Å². The summed E-state index contributed by atoms with van der Waals surface area (Å²) in [6.07, 6.45) is 0. The number of nitriles is 1. The minimum absolute atomic E-state index is 0.545. The van der Waals surface area contributed by atoms with Crippen molar-refractivity contribution in [3.8, 4) is 6.07 Å². The first-order chi connectivity index (χ1) is 8.52. The van der Waals surface area contributed by atoms with Crippen LogP contribution in [0, 0.1) is 18.3 Å². The lowest BCUT2D eigenvalue weighted by Gasteiger charge is -2.08. The van der Waals surface area contributed by atoms with Crippen molar-refractivity contribution in [2.45, 2.75) is 6.92 Å². The van der Waals surface area contributed by atoms with E-state index in [2.05, 4.69) is 32.4 Å². The maximum Gasteiger partial charge on any atom is 0.146 e. The molecule has 0 aliphatic heterocycles. The number of halogens is 2. The summed E-state index contributed by atoms with van der Waals surface area (Å²) in [6.45, 7) is 1.81. The van der Waals surface area contributed by atoms with Crippen LogP contribution in [0.3, 0.4) is 0 Å². The molecule has 0 fully saturated rings. The Morgan fingerprint density at radius 3 is 2.83 bits per heavy atom. The smallest absolute Gasteiger partial charge is 0.146 e. The van der Waals surface area contributed by atoms with Crippen LogP contribution in [0.2, 0.25) is 5.02 Å². The predicted octanol–water partition coefficient (Wildman–Crippen LogP) is 3.76. The lowest BCUT2D eigenvalue weighted by Crippen LogP contribution is -2.00. The zero-order valence-electron chi connectivity index (χ0n) is 9.83. The van der Waals surface area contributed by atoms with Gasteiger partial charge in [0, 0.05) is 17.2 Å². The number of aryl methyl sites for hydroxylation is 2. The molecule has 0 aliphatic rings. The van der Waals surface area contributed by atoms with Crippen molar-refractivity contribution in [3.63, 3.8) is 0 Å². The molecule has 1 heterocycles. The van der Waals surface area contributed by atoms with Crippen LogP contribution in [0.5, 0.6) is 0 Å². The fraction of sp³-hybridized carbons (Fsp3) is 0.167. The van der Waals surface area contributed by atoms with Gasteiger partial charge in [0.25, 0.3) is 0 Å². The van der Waals surface area contributed by atoms with Crippen molar-refractivity contribution in [3.05, 3.63) is 39.0 Å². The van der Waals surface area contributed by atoms with E-state index in [1.807, 2.05) is 19.1 Å². The average Bonchev–Trinajstić information content (AvgIpc) is 2.58. The fourth-order valence-electron chi connectivity index (χ4n) is 1.65. The first-order valence-electron chi connectivity index (χ1n) is 5.18. The molecule has 1 aromatic carbocycles. The predicted molar refractivity (Wildman–Crippen MR) is 75.1 cm³/mol. The van der Waals surface area contributed by atoms with Gasteiger partial charge in [-0.05, 0) is 41.1 Å². The number of anilines is 2. The molecule has 6 heteroatoms. The molecule has 0 saturated heterocycles. The summed E-state index contributed by atoms with van der Waals surface area (Å²) in [5.74, 6) is 0.671. The minimum Gasteiger partial charge on any atom is -0.339 e. The van der Waals surface area contributed by atoms with Gasteiger partial charge in [-0.1, -0.05) is 11.6 Å². The summed E-state index contributed by atoms with van der Waals surface area (Å²) in [5, 5.41) is 17.1. The number of nitrogens with zero attached hydrogens (tertiary/aromatic N) is 3. The highest BCUT2D eigenvalue weighted by Gasteiger charge is 2.13. The first-order valence-corrected chi connectivity index (χ1v) is 6.35. The summed E-state index contributed by atoms with van der Waals surface area (Å²) in [4.78, 5) is 0. The molecule has 0 atom stereocenters. The van der Waals surface area contributed by atoms with Gasteiger partial charge in [0.05, 0.1) is 10.7 Å². The zero-order chi connectivity index (χ0) is 13.3. The van der Waals surface area contributed by atoms with Gasteiger partial charge in [0.1, 0.15) is 17.5 Å². The van der Waals surface area contributed by atoms with Crippen LogP contribution >= 0.6 is 27.5 Å². The Bertz CT molecular complexity index is 642. The molecule has 0 bridgehead atoms. The van der Waals surface area contributed by atoms with E-state index < -0.39 is 0 Å². The monoisotopic (exact) mass is 324 g/mol. The molecule has 0 spiro atoms. The normalized spacial score (nSPS) is 10.2. The summed E-state index contributed by atoms with van der Waals surface area (Å²) in [6, 6.07) is 7.63. The van der Waals surface area contributed by atoms with Gasteiger partial charge >= 0.3 is 0 Å². The second-order valence-corrected chi connectivity index (χ2v) is 5.06. The van der Waals surface area contributed by atoms with Gasteiger partial charge in [0.2, 0.25) is 0 Å². The lowest BCUT2D eigenvalue weighted by molar-refractivity contribution is 0.765. The third-order valence-electron chi connectivity index (χ3n) is 2.52. The first kappa shape index (κ1) is 12.9. The molecule has 2 rings (SSSR count). The van der Waals surface area contributed by atoms with Crippen molar-refractivity contribution in [2.24, 2.45) is 7.05 Å². The van der Waals surface area contributed by atoms with Gasteiger partial charge in [-0.2, -0.15) is 10.4 Å². The lowest BCUT2D eigenvalue weighted by atomic mass is 10.2. The van der Waals surface area contributed by atoms with Crippen LogP contribution in [0.4, 0.5) is 11.5 Å². The Morgan fingerprint density at radius 2 is 2.22 bits per heavy atom. The van der Waals surface area contributed by atoms with E-state index in [0.29, 0.717) is 22.1 Å². The van der Waals surface area contributed by atoms with E-state index in [1.165, 1.54) is 0 Å². The standard InChI is InChI=1S/C12H10BrClN4/c1-7-9(6-15)12(18(2)17-7)16-8-3-4-11(14)10(13)5-8/h3-5,16H,1-2H3. The topological polar surface area (TPSA) is 53.6 Å². The van der Waals surface area contributed by atoms with E-state index in [0.717, 1.165) is 10.2 Å². The summed E-state index contributed by atoms with van der Waals surface area (Å²) in [5.41, 5.74) is 2.09. The number of aromatic nitrogens is 2. The van der Waals surface area contributed by atoms with Crippen molar-refractivity contribution in [1.82, 2.24) is 9.78 Å². The number of hydrogen-bond donors (Lipinski definition) is 1. The van der Waals surface area contributed by atoms with Gasteiger partial charge in [0.15, 0.2) is 0 Å². The van der Waals surface area contributed by atoms with Gasteiger partial charge < -0.3 is 5.32 Å². The maximum atomic E-state index is 9.12. The highest BCUT2D eigenvalue weighted by atomic mass is 79.9. The Balaban J connectivity index is 2.40.